The predicted octanol–water partition coefficient (Wildman–Crippen LogP) is 0.870. The van der Waals surface area contributed by atoms with Crippen LogP contribution in [0.1, 0.15) is 32.1 Å². The molecule has 1 rings (SSSR count). The van der Waals surface area contributed by atoms with Crippen molar-refractivity contribution in [1.29, 1.82) is 5.26 Å². The lowest BCUT2D eigenvalue weighted by atomic mass is 9.83. The van der Waals surface area contributed by atoms with Crippen LogP contribution in [-0.4, -0.2) is 11.9 Å². The van der Waals surface area contributed by atoms with Crippen molar-refractivity contribution in [3.8, 4) is 6.07 Å². The molecular formula is C8H11N2O. The summed E-state index contributed by atoms with van der Waals surface area (Å²) in [4.78, 5) is 10.0. The molecule has 3 nitrogen and oxygen atoms in total. The topological polar surface area (TPSA) is 52.9 Å². The van der Waals surface area contributed by atoms with Gasteiger partial charge in [0.25, 0.3) is 0 Å². The Balaban J connectivity index is 2.58. The number of amides is 1. The van der Waals surface area contributed by atoms with Crippen molar-refractivity contribution < 1.29 is 4.79 Å². The van der Waals surface area contributed by atoms with Crippen molar-refractivity contribution in [2.75, 3.05) is 0 Å². The minimum Gasteiger partial charge on any atom is -0.329 e. The second-order valence-corrected chi connectivity index (χ2v) is 2.98. The summed E-state index contributed by atoms with van der Waals surface area (Å²) in [5.41, 5.74) is -0.597. The second-order valence-electron chi connectivity index (χ2n) is 2.98. The average molecular weight is 151 g/mol. The Kier molecular flexibility index (Phi) is 2.48. The Bertz CT molecular complexity index is 177. The Morgan fingerprint density at radius 3 is 2.36 bits per heavy atom. The highest BCUT2D eigenvalue weighted by molar-refractivity contribution is 5.50. The van der Waals surface area contributed by atoms with Crippen LogP contribution in [-0.2, 0) is 4.79 Å². The van der Waals surface area contributed by atoms with E-state index < -0.39 is 5.54 Å². The first-order chi connectivity index (χ1) is 5.33. The van der Waals surface area contributed by atoms with Gasteiger partial charge in [0.15, 0.2) is 0 Å². The van der Waals surface area contributed by atoms with E-state index in [0.29, 0.717) is 0 Å². The third-order valence-corrected chi connectivity index (χ3v) is 2.21. The maximum absolute atomic E-state index is 10.0. The molecule has 1 aliphatic carbocycles. The van der Waals surface area contributed by atoms with Crippen LogP contribution in [0, 0.1) is 11.3 Å². The lowest BCUT2D eigenvalue weighted by Crippen LogP contribution is -2.44. The van der Waals surface area contributed by atoms with E-state index in [2.05, 4.69) is 11.4 Å². The number of hydrogen-bond donors (Lipinski definition) is 1. The van der Waals surface area contributed by atoms with E-state index >= 15 is 0 Å². The molecule has 0 aromatic carbocycles. The molecule has 1 radical (unpaired) electrons. The van der Waals surface area contributed by atoms with Gasteiger partial charge >= 0.3 is 6.41 Å². The fraction of sp³-hybridized carbons (Fsp3) is 0.750. The van der Waals surface area contributed by atoms with Gasteiger partial charge < -0.3 is 5.32 Å². The second kappa shape index (κ2) is 3.38. The summed E-state index contributed by atoms with van der Waals surface area (Å²) in [6.45, 7) is 0. The van der Waals surface area contributed by atoms with Gasteiger partial charge in [-0.2, -0.15) is 5.26 Å². The molecule has 0 saturated heterocycles. The molecule has 0 unspecified atom stereocenters. The molecule has 0 aromatic heterocycles. The Morgan fingerprint density at radius 2 is 1.91 bits per heavy atom. The summed E-state index contributed by atoms with van der Waals surface area (Å²) >= 11 is 0. The molecule has 1 amide bonds. The summed E-state index contributed by atoms with van der Waals surface area (Å²) in [5, 5.41) is 11.3. The molecule has 0 aliphatic heterocycles. The van der Waals surface area contributed by atoms with E-state index in [9.17, 15) is 4.79 Å². The number of nitrogens with one attached hydrogen (secondary N) is 1. The van der Waals surface area contributed by atoms with Gasteiger partial charge in [-0.05, 0) is 12.8 Å². The van der Waals surface area contributed by atoms with E-state index in [1.807, 2.05) is 0 Å². The molecule has 1 fully saturated rings. The van der Waals surface area contributed by atoms with E-state index in [1.54, 1.807) is 6.41 Å². The monoisotopic (exact) mass is 151 g/mol. The molecule has 0 aromatic rings. The highest BCUT2D eigenvalue weighted by atomic mass is 16.1. The minimum absolute atomic E-state index is 0.597. The van der Waals surface area contributed by atoms with Crippen LogP contribution in [0.15, 0.2) is 0 Å². The molecule has 0 heterocycles. The first-order valence-corrected chi connectivity index (χ1v) is 3.88. The molecule has 1 N–H and O–H groups in total. The van der Waals surface area contributed by atoms with E-state index in [1.165, 1.54) is 6.42 Å². The standard InChI is InChI=1S/C8H11N2O/c9-6-8(10-7-11)4-2-1-3-5-8/h1-5H2,(H,10,11). The lowest BCUT2D eigenvalue weighted by molar-refractivity contribution is 0.330. The molecule has 1 saturated carbocycles. The lowest BCUT2D eigenvalue weighted by Gasteiger charge is -2.29. The zero-order valence-corrected chi connectivity index (χ0v) is 6.39. The van der Waals surface area contributed by atoms with Gasteiger partial charge in [-0.3, -0.25) is 4.79 Å². The molecule has 59 valence electrons. The normalized spacial score (nSPS) is 21.7. The third kappa shape index (κ3) is 1.70. The highest BCUT2D eigenvalue weighted by Crippen LogP contribution is 2.26. The van der Waals surface area contributed by atoms with E-state index in [0.717, 1.165) is 25.7 Å². The molecule has 0 bridgehead atoms. The van der Waals surface area contributed by atoms with Crippen molar-refractivity contribution in [3.05, 3.63) is 0 Å². The zero-order chi connectivity index (χ0) is 8.16. The first kappa shape index (κ1) is 8.06. The maximum Gasteiger partial charge on any atom is 0.310 e. The van der Waals surface area contributed by atoms with Crippen LogP contribution >= 0.6 is 0 Å². The van der Waals surface area contributed by atoms with Gasteiger partial charge in [-0.15, -0.1) is 0 Å². The van der Waals surface area contributed by atoms with Crippen molar-refractivity contribution >= 4 is 6.41 Å². The van der Waals surface area contributed by atoms with Gasteiger partial charge in [0.1, 0.15) is 5.54 Å². The summed E-state index contributed by atoms with van der Waals surface area (Å²) < 4.78 is 0. The third-order valence-electron chi connectivity index (χ3n) is 2.21. The number of nitrogens with zero attached hydrogens (tertiary/aromatic N) is 1. The van der Waals surface area contributed by atoms with E-state index in [4.69, 9.17) is 5.26 Å². The largest absolute Gasteiger partial charge is 0.329 e. The predicted molar refractivity (Wildman–Crippen MR) is 40.3 cm³/mol. The SMILES string of the molecule is N#CC1(N[C]=O)CCCCC1. The van der Waals surface area contributed by atoms with Gasteiger partial charge in [-0.1, -0.05) is 19.3 Å². The number of rotatable bonds is 2. The molecule has 1 aliphatic rings. The molecule has 0 atom stereocenters. The van der Waals surface area contributed by atoms with Gasteiger partial charge in [-0.25, -0.2) is 0 Å². The van der Waals surface area contributed by atoms with Crippen LogP contribution in [0.3, 0.4) is 0 Å². The maximum atomic E-state index is 10.0. The van der Waals surface area contributed by atoms with Crippen LogP contribution in [0.2, 0.25) is 0 Å². The van der Waals surface area contributed by atoms with Crippen molar-refractivity contribution in [2.45, 2.75) is 37.6 Å². The quantitative estimate of drug-likeness (QED) is 0.595. The fourth-order valence-corrected chi connectivity index (χ4v) is 1.52. The Labute approximate surface area is 66.4 Å². The van der Waals surface area contributed by atoms with Crippen molar-refractivity contribution in [2.24, 2.45) is 0 Å². The summed E-state index contributed by atoms with van der Waals surface area (Å²) in [6, 6.07) is 2.14. The van der Waals surface area contributed by atoms with E-state index in [-0.39, 0.29) is 0 Å². The molecule has 11 heavy (non-hydrogen) atoms. The van der Waals surface area contributed by atoms with Crippen LogP contribution < -0.4 is 5.32 Å². The summed E-state index contributed by atoms with van der Waals surface area (Å²) in [5.74, 6) is 0. The fourth-order valence-electron chi connectivity index (χ4n) is 1.52. The Hall–Kier alpha value is -1.04. The highest BCUT2D eigenvalue weighted by Gasteiger charge is 2.31. The molecular weight excluding hydrogens is 140 g/mol. The molecule has 0 spiro atoms. The van der Waals surface area contributed by atoms with Gasteiger partial charge in [0, 0.05) is 0 Å². The number of hydrogen-bond acceptors (Lipinski definition) is 2. The van der Waals surface area contributed by atoms with Crippen molar-refractivity contribution in [1.82, 2.24) is 5.32 Å². The molecule has 3 heteroatoms. The minimum atomic E-state index is -0.597. The van der Waals surface area contributed by atoms with Crippen LogP contribution in [0.4, 0.5) is 0 Å². The smallest absolute Gasteiger partial charge is 0.310 e. The summed E-state index contributed by atoms with van der Waals surface area (Å²) in [6.07, 6.45) is 6.39. The number of carbonyl (C=O) groups excluding carboxylic acids is 1. The first-order valence-electron chi connectivity index (χ1n) is 3.88. The van der Waals surface area contributed by atoms with Gasteiger partial charge in [0.05, 0.1) is 6.07 Å². The van der Waals surface area contributed by atoms with Crippen molar-refractivity contribution in [3.63, 3.8) is 0 Å². The average Bonchev–Trinajstić information content (AvgIpc) is 2.07. The zero-order valence-electron chi connectivity index (χ0n) is 6.39. The van der Waals surface area contributed by atoms with Crippen LogP contribution in [0.25, 0.3) is 0 Å². The van der Waals surface area contributed by atoms with Crippen LogP contribution in [0.5, 0.6) is 0 Å². The summed E-state index contributed by atoms with van der Waals surface area (Å²) in [7, 11) is 0. The van der Waals surface area contributed by atoms with Gasteiger partial charge in [0.2, 0.25) is 0 Å². The Morgan fingerprint density at radius 1 is 1.27 bits per heavy atom. The number of nitriles is 1.